The van der Waals surface area contributed by atoms with Crippen molar-refractivity contribution in [3.63, 3.8) is 0 Å². The van der Waals surface area contributed by atoms with E-state index in [1.165, 1.54) is 29.8 Å². The van der Waals surface area contributed by atoms with Crippen LogP contribution < -0.4 is 4.74 Å². The second-order valence-corrected chi connectivity index (χ2v) is 10.5. The first-order valence-electron chi connectivity index (χ1n) is 11.8. The summed E-state index contributed by atoms with van der Waals surface area (Å²) in [7, 11) is 1.59. The highest BCUT2D eigenvalue weighted by atomic mass is 19.4. The van der Waals surface area contributed by atoms with E-state index in [4.69, 9.17) is 9.47 Å². The zero-order chi connectivity index (χ0) is 25.1. The predicted molar refractivity (Wildman–Crippen MR) is 113 cm³/mol. The number of hydrogen-bond donors (Lipinski definition) is 1. The summed E-state index contributed by atoms with van der Waals surface area (Å²) in [6.45, 7) is 2.00. The normalized spacial score (nSPS) is 36.7. The van der Waals surface area contributed by atoms with Crippen LogP contribution in [-0.2, 0) is 15.8 Å². The molecule has 4 bridgehead atoms. The summed E-state index contributed by atoms with van der Waals surface area (Å²) in [6.07, 6.45) is 3.89. The van der Waals surface area contributed by atoms with Crippen molar-refractivity contribution in [3.05, 3.63) is 30.6 Å². The van der Waals surface area contributed by atoms with Crippen LogP contribution in [0, 0.1) is 0 Å². The molecule has 1 aliphatic heterocycles. The van der Waals surface area contributed by atoms with E-state index in [9.17, 15) is 27.1 Å². The number of aliphatic hydroxyl groups excluding tert-OH is 1. The van der Waals surface area contributed by atoms with E-state index < -0.39 is 35.0 Å². The molecule has 2 aromatic rings. The molecule has 6 saturated carbocycles. The Kier molecular flexibility index (Phi) is 5.70. The summed E-state index contributed by atoms with van der Waals surface area (Å²) in [6, 6.07) is 0.599. The van der Waals surface area contributed by atoms with Gasteiger partial charge in [0.15, 0.2) is 0 Å². The van der Waals surface area contributed by atoms with Crippen LogP contribution in [0.3, 0.4) is 0 Å². The van der Waals surface area contributed by atoms with Gasteiger partial charge in [-0.15, -0.1) is 0 Å². The van der Waals surface area contributed by atoms with Gasteiger partial charge in [-0.3, -0.25) is 4.57 Å². The molecule has 3 heterocycles. The van der Waals surface area contributed by atoms with E-state index in [1.54, 1.807) is 13.3 Å². The highest BCUT2D eigenvalue weighted by Crippen LogP contribution is 2.68. The second-order valence-electron chi connectivity index (χ2n) is 10.5. The van der Waals surface area contributed by atoms with Crippen LogP contribution in [0.25, 0.3) is 0 Å². The molecule has 35 heavy (non-hydrogen) atoms. The molecule has 0 spiro atoms. The lowest BCUT2D eigenvalue weighted by molar-refractivity contribution is -0.222. The Hall–Kier alpha value is -2.21. The molecule has 1 unspecified atom stereocenters. The Morgan fingerprint density at radius 3 is 1.83 bits per heavy atom. The molecule has 7 aliphatic rings. The molecule has 194 valence electrons. The summed E-state index contributed by atoms with van der Waals surface area (Å²) in [5.74, 6) is -0.445. The molecular formula is C23H29F5N4O3. The molecule has 0 aromatic carbocycles. The molecule has 0 radical (unpaired) electrons. The van der Waals surface area contributed by atoms with Crippen LogP contribution in [0.4, 0.5) is 22.0 Å². The van der Waals surface area contributed by atoms with Crippen LogP contribution in [0.1, 0.15) is 63.3 Å². The third-order valence-electron chi connectivity index (χ3n) is 7.74. The molecular weight excluding hydrogens is 475 g/mol. The average Bonchev–Trinajstić information content (AvgIpc) is 3.49. The van der Waals surface area contributed by atoms with Gasteiger partial charge in [0.1, 0.15) is 17.2 Å². The third-order valence-corrected chi connectivity index (χ3v) is 7.74. The number of halogens is 5. The first-order valence-corrected chi connectivity index (χ1v) is 11.8. The zero-order valence-electron chi connectivity index (χ0n) is 19.4. The van der Waals surface area contributed by atoms with Crippen LogP contribution in [0.5, 0.6) is 6.01 Å². The van der Waals surface area contributed by atoms with E-state index >= 15 is 0 Å². The zero-order valence-corrected chi connectivity index (χ0v) is 19.4. The van der Waals surface area contributed by atoms with Gasteiger partial charge in [0.05, 0.1) is 18.2 Å². The lowest BCUT2D eigenvalue weighted by Crippen LogP contribution is -2.70. The van der Waals surface area contributed by atoms with Crippen molar-refractivity contribution in [2.45, 2.75) is 86.1 Å². The number of alkyl halides is 5. The molecule has 2 aromatic heterocycles. The summed E-state index contributed by atoms with van der Waals surface area (Å²) in [5, 5.41) is 9.19. The van der Waals surface area contributed by atoms with Crippen molar-refractivity contribution in [2.24, 2.45) is 0 Å². The van der Waals surface area contributed by atoms with Gasteiger partial charge < -0.3 is 19.1 Å². The van der Waals surface area contributed by atoms with Crippen molar-refractivity contribution >= 4 is 0 Å². The number of rotatable bonds is 4. The minimum Gasteiger partial charge on any atom is -0.468 e. The maximum absolute atomic E-state index is 13.4. The first-order chi connectivity index (χ1) is 16.4. The fraction of sp³-hybridized carbons (Fsp3) is 0.739. The maximum Gasteiger partial charge on any atom is 0.421 e. The van der Waals surface area contributed by atoms with Gasteiger partial charge in [0, 0.05) is 76.5 Å². The Morgan fingerprint density at radius 1 is 0.914 bits per heavy atom. The predicted octanol–water partition coefficient (Wildman–Crippen LogP) is 4.37. The van der Waals surface area contributed by atoms with E-state index in [2.05, 4.69) is 9.97 Å². The Balaban J connectivity index is 0.000000124. The van der Waals surface area contributed by atoms with Crippen molar-refractivity contribution in [1.29, 1.82) is 0 Å². The molecule has 7 fully saturated rings. The van der Waals surface area contributed by atoms with Crippen molar-refractivity contribution in [1.82, 2.24) is 19.1 Å². The molecule has 6 aliphatic carbocycles. The number of methoxy groups -OCH3 is 1. The molecule has 0 amide bonds. The number of hydrogen-bond acceptors (Lipinski definition) is 5. The number of nitrogens with zero attached hydrogens (tertiary/aromatic N) is 4. The van der Waals surface area contributed by atoms with Gasteiger partial charge in [-0.05, 0) is 12.8 Å². The lowest BCUT2D eigenvalue weighted by atomic mass is 9.47. The topological polar surface area (TPSA) is 74.3 Å². The average molecular weight is 505 g/mol. The molecule has 7 nitrogen and oxygen atoms in total. The van der Waals surface area contributed by atoms with Gasteiger partial charge in [0.2, 0.25) is 6.10 Å². The SMILES string of the molecule is C1CCOC1.COc1nccn1C12CC(F)(C1)C2.OC(c1nccn1C12CC(F)(C1)C2)C(F)(F)F. The Labute approximate surface area is 199 Å². The van der Waals surface area contributed by atoms with Crippen LogP contribution in [-0.4, -0.2) is 62.0 Å². The molecule has 12 heteroatoms. The lowest BCUT2D eigenvalue weighted by Gasteiger charge is -2.66. The number of imidazole rings is 2. The summed E-state index contributed by atoms with van der Waals surface area (Å²) in [4.78, 5) is 7.60. The quantitative estimate of drug-likeness (QED) is 0.626. The van der Waals surface area contributed by atoms with Crippen LogP contribution in [0.15, 0.2) is 24.8 Å². The summed E-state index contributed by atoms with van der Waals surface area (Å²) in [5.41, 5.74) is -2.66. The van der Waals surface area contributed by atoms with E-state index in [0.717, 1.165) is 13.2 Å². The molecule has 1 saturated heterocycles. The number of ether oxygens (including phenoxy) is 2. The highest BCUT2D eigenvalue weighted by molar-refractivity contribution is 5.27. The highest BCUT2D eigenvalue weighted by Gasteiger charge is 2.71. The van der Waals surface area contributed by atoms with Gasteiger partial charge >= 0.3 is 6.18 Å². The molecule has 1 N–H and O–H groups in total. The monoisotopic (exact) mass is 504 g/mol. The van der Waals surface area contributed by atoms with Gasteiger partial charge in [-0.1, -0.05) is 0 Å². The minimum atomic E-state index is -4.75. The molecule has 1 atom stereocenters. The largest absolute Gasteiger partial charge is 0.468 e. The van der Waals surface area contributed by atoms with Crippen LogP contribution >= 0.6 is 0 Å². The van der Waals surface area contributed by atoms with Crippen molar-refractivity contribution in [3.8, 4) is 6.01 Å². The van der Waals surface area contributed by atoms with Crippen molar-refractivity contribution in [2.75, 3.05) is 20.3 Å². The third kappa shape index (κ3) is 4.12. The Bertz CT molecular complexity index is 1020. The summed E-state index contributed by atoms with van der Waals surface area (Å²) < 4.78 is 77.2. The number of aromatic nitrogens is 4. The standard InChI is InChI=1S/C10H10F4N2O.C9H11FN2O.C4H8O/c11-8-3-9(4-8,5-8)16-2-1-15-7(16)6(17)10(12,13)14;1-13-7-11-2-3-12(7)9-4-8(10,5-9)6-9;1-2-4-5-3-1/h1-2,6,17H,3-5H2;2-3H,4-6H2,1H3;1-4H2. The van der Waals surface area contributed by atoms with Gasteiger partial charge in [-0.2, -0.15) is 13.2 Å². The van der Waals surface area contributed by atoms with E-state index in [1.807, 2.05) is 10.8 Å². The Morgan fingerprint density at radius 2 is 1.40 bits per heavy atom. The first kappa shape index (κ1) is 24.5. The second kappa shape index (κ2) is 8.16. The summed E-state index contributed by atoms with van der Waals surface area (Å²) >= 11 is 0. The maximum atomic E-state index is 13.4. The van der Waals surface area contributed by atoms with Gasteiger partial charge in [-0.25, -0.2) is 18.7 Å². The van der Waals surface area contributed by atoms with Crippen molar-refractivity contribution < 1.29 is 36.5 Å². The van der Waals surface area contributed by atoms with Gasteiger partial charge in [0.25, 0.3) is 6.01 Å². The molecule has 9 rings (SSSR count). The van der Waals surface area contributed by atoms with Crippen LogP contribution in [0.2, 0.25) is 0 Å². The van der Waals surface area contributed by atoms with E-state index in [-0.39, 0.29) is 24.8 Å². The minimum absolute atomic E-state index is 0.00338. The fourth-order valence-corrected chi connectivity index (χ4v) is 6.12. The number of aliphatic hydroxyl groups is 1. The fourth-order valence-electron chi connectivity index (χ4n) is 6.12. The smallest absolute Gasteiger partial charge is 0.421 e. The van der Waals surface area contributed by atoms with E-state index in [0.29, 0.717) is 25.3 Å².